The average Bonchev–Trinajstić information content (AvgIpc) is 2.70. The zero-order valence-corrected chi connectivity index (χ0v) is 12.5. The van der Waals surface area contributed by atoms with E-state index in [0.717, 1.165) is 11.4 Å². The highest BCUT2D eigenvalue weighted by molar-refractivity contribution is 8.14. The molecule has 5 nitrogen and oxygen atoms in total. The van der Waals surface area contributed by atoms with Crippen LogP contribution in [0.5, 0.6) is 0 Å². The van der Waals surface area contributed by atoms with Gasteiger partial charge in [-0.3, -0.25) is 14.6 Å². The van der Waals surface area contributed by atoms with Crippen molar-refractivity contribution in [2.75, 3.05) is 13.6 Å². The maximum Gasteiger partial charge on any atom is 0.267 e. The number of hydrogen-bond donors (Lipinski definition) is 1. The number of carbonyl (C=O) groups excluding carboxylic acids is 2. The summed E-state index contributed by atoms with van der Waals surface area (Å²) >= 11 is 1.37. The topological polar surface area (TPSA) is 61.8 Å². The van der Waals surface area contributed by atoms with Gasteiger partial charge < -0.3 is 5.32 Å². The second-order valence-electron chi connectivity index (χ2n) is 4.32. The smallest absolute Gasteiger partial charge is 0.267 e. The third-order valence-corrected chi connectivity index (χ3v) is 4.05. The van der Waals surface area contributed by atoms with E-state index in [1.165, 1.54) is 11.8 Å². The molecular weight excluding hydrogens is 274 g/mol. The Morgan fingerprint density at radius 3 is 2.30 bits per heavy atom. The zero-order chi connectivity index (χ0) is 14.7. The van der Waals surface area contributed by atoms with Crippen molar-refractivity contribution in [1.82, 2.24) is 10.2 Å². The number of hydrogen-bond acceptors (Lipinski definition) is 5. The number of thioether (sulfide) groups is 1. The zero-order valence-electron chi connectivity index (χ0n) is 11.7. The number of benzene rings is 1. The molecule has 1 aliphatic heterocycles. The van der Waals surface area contributed by atoms with E-state index in [2.05, 4.69) is 10.3 Å². The Morgan fingerprint density at radius 1 is 1.30 bits per heavy atom. The molecule has 0 aliphatic carbocycles. The van der Waals surface area contributed by atoms with E-state index in [-0.39, 0.29) is 17.2 Å². The summed E-state index contributed by atoms with van der Waals surface area (Å²) in [5, 5.41) is 3.71. The van der Waals surface area contributed by atoms with Crippen LogP contribution in [0.15, 0.2) is 29.3 Å². The molecule has 0 bridgehead atoms. The summed E-state index contributed by atoms with van der Waals surface area (Å²) in [6.07, 6.45) is 0. The normalized spacial score (nSPS) is 16.6. The fourth-order valence-corrected chi connectivity index (χ4v) is 3.00. The third kappa shape index (κ3) is 2.62. The van der Waals surface area contributed by atoms with Crippen molar-refractivity contribution in [3.63, 3.8) is 0 Å². The van der Waals surface area contributed by atoms with Crippen LogP contribution in [-0.4, -0.2) is 40.8 Å². The minimum absolute atomic E-state index is 0.0722. The van der Waals surface area contributed by atoms with Gasteiger partial charge in [-0.15, -0.1) is 0 Å². The quantitative estimate of drug-likeness (QED) is 0.400. The molecule has 1 heterocycles. The fourth-order valence-electron chi connectivity index (χ4n) is 2.06. The average molecular weight is 291 g/mol. The summed E-state index contributed by atoms with van der Waals surface area (Å²) in [7, 11) is 1.59. The molecule has 0 radical (unpaired) electrons. The highest BCUT2D eigenvalue weighted by Gasteiger charge is 2.38. The highest BCUT2D eigenvalue weighted by Crippen LogP contribution is 2.26. The number of amidine groups is 1. The lowest BCUT2D eigenvalue weighted by atomic mass is 10.1. The summed E-state index contributed by atoms with van der Waals surface area (Å²) in [6.45, 7) is 4.78. The SMILES string of the molecule is CCNC(C)S/C(=N\C)N1C(=O)c2ccccc2C1=O. The van der Waals surface area contributed by atoms with Gasteiger partial charge in [0.2, 0.25) is 0 Å². The molecule has 2 amide bonds. The first-order valence-corrected chi connectivity index (χ1v) is 7.32. The molecule has 1 aromatic carbocycles. The van der Waals surface area contributed by atoms with Gasteiger partial charge in [0, 0.05) is 7.05 Å². The van der Waals surface area contributed by atoms with Crippen molar-refractivity contribution in [3.8, 4) is 0 Å². The first-order chi connectivity index (χ1) is 9.60. The molecule has 1 unspecified atom stereocenters. The van der Waals surface area contributed by atoms with Gasteiger partial charge in [0.15, 0.2) is 5.17 Å². The maximum absolute atomic E-state index is 12.3. The van der Waals surface area contributed by atoms with Gasteiger partial charge in [-0.2, -0.15) is 0 Å². The number of nitrogens with zero attached hydrogens (tertiary/aromatic N) is 2. The molecule has 20 heavy (non-hydrogen) atoms. The highest BCUT2D eigenvalue weighted by atomic mass is 32.2. The van der Waals surface area contributed by atoms with Gasteiger partial charge in [-0.1, -0.05) is 30.8 Å². The van der Waals surface area contributed by atoms with E-state index in [0.29, 0.717) is 16.3 Å². The Bertz CT molecular complexity index is 536. The summed E-state index contributed by atoms with van der Waals surface area (Å²) in [5.74, 6) is -0.607. The van der Waals surface area contributed by atoms with E-state index >= 15 is 0 Å². The van der Waals surface area contributed by atoms with Crippen LogP contribution >= 0.6 is 11.8 Å². The van der Waals surface area contributed by atoms with Gasteiger partial charge in [0.05, 0.1) is 16.5 Å². The first-order valence-electron chi connectivity index (χ1n) is 6.44. The predicted octanol–water partition coefficient (Wildman–Crippen LogP) is 1.96. The van der Waals surface area contributed by atoms with Gasteiger partial charge in [0.1, 0.15) is 0 Å². The summed E-state index contributed by atoms with van der Waals surface area (Å²) in [5.41, 5.74) is 0.880. The van der Waals surface area contributed by atoms with Gasteiger partial charge in [0.25, 0.3) is 11.8 Å². The molecule has 1 aliphatic rings. The second-order valence-corrected chi connectivity index (χ2v) is 5.62. The van der Waals surface area contributed by atoms with Crippen LogP contribution in [0.25, 0.3) is 0 Å². The van der Waals surface area contributed by atoms with Crippen molar-refractivity contribution in [2.24, 2.45) is 4.99 Å². The molecule has 106 valence electrons. The molecular formula is C14H17N3O2S. The largest absolute Gasteiger partial charge is 0.305 e. The van der Waals surface area contributed by atoms with Crippen LogP contribution in [0, 0.1) is 0 Å². The van der Waals surface area contributed by atoms with E-state index in [1.54, 1.807) is 31.3 Å². The number of amides is 2. The molecule has 0 saturated heterocycles. The van der Waals surface area contributed by atoms with Crippen LogP contribution in [0.4, 0.5) is 0 Å². The predicted molar refractivity (Wildman–Crippen MR) is 81.0 cm³/mol. The van der Waals surface area contributed by atoms with Crippen molar-refractivity contribution in [2.45, 2.75) is 19.2 Å². The summed E-state index contributed by atoms with van der Waals surface area (Å²) in [4.78, 5) is 29.9. The minimum Gasteiger partial charge on any atom is -0.305 e. The minimum atomic E-state index is -0.303. The van der Waals surface area contributed by atoms with E-state index in [4.69, 9.17) is 0 Å². The van der Waals surface area contributed by atoms with Crippen LogP contribution in [-0.2, 0) is 0 Å². The molecule has 1 aromatic rings. The van der Waals surface area contributed by atoms with Crippen molar-refractivity contribution < 1.29 is 9.59 Å². The van der Waals surface area contributed by atoms with Crippen LogP contribution in [0.2, 0.25) is 0 Å². The van der Waals surface area contributed by atoms with Crippen molar-refractivity contribution >= 4 is 28.7 Å². The Kier molecular flexibility index (Phi) is 4.57. The Morgan fingerprint density at radius 2 is 1.85 bits per heavy atom. The number of fused-ring (bicyclic) bond motifs is 1. The molecule has 0 fully saturated rings. The first kappa shape index (κ1) is 14.7. The van der Waals surface area contributed by atoms with Crippen LogP contribution < -0.4 is 5.32 Å². The van der Waals surface area contributed by atoms with E-state index in [9.17, 15) is 9.59 Å². The molecule has 1 N–H and O–H groups in total. The molecule has 0 saturated carbocycles. The molecule has 0 spiro atoms. The number of aliphatic imine (C=N–C) groups is 1. The monoisotopic (exact) mass is 291 g/mol. The lowest BCUT2D eigenvalue weighted by Crippen LogP contribution is -2.37. The van der Waals surface area contributed by atoms with Crippen LogP contribution in [0.1, 0.15) is 34.6 Å². The number of nitrogens with one attached hydrogen (secondary N) is 1. The number of imide groups is 1. The van der Waals surface area contributed by atoms with Gasteiger partial charge in [-0.25, -0.2) is 4.90 Å². The van der Waals surface area contributed by atoms with Crippen LogP contribution in [0.3, 0.4) is 0 Å². The number of carbonyl (C=O) groups is 2. The lowest BCUT2D eigenvalue weighted by Gasteiger charge is -2.19. The third-order valence-electron chi connectivity index (χ3n) is 2.95. The fraction of sp³-hybridized carbons (Fsp3) is 0.357. The maximum atomic E-state index is 12.3. The summed E-state index contributed by atoms with van der Waals surface area (Å²) in [6, 6.07) is 6.85. The Hall–Kier alpha value is -1.66. The molecule has 6 heteroatoms. The standard InChI is InChI=1S/C14H17N3O2S/c1-4-16-9(2)20-14(15-3)17-12(18)10-7-5-6-8-11(10)13(17)19/h5-9,16H,4H2,1-3H3/b15-14-. The molecule has 0 aromatic heterocycles. The Balaban J connectivity index is 2.26. The van der Waals surface area contributed by atoms with Crippen molar-refractivity contribution in [1.29, 1.82) is 0 Å². The summed E-state index contributed by atoms with van der Waals surface area (Å²) < 4.78 is 0. The molecule has 2 rings (SSSR count). The lowest BCUT2D eigenvalue weighted by molar-refractivity contribution is 0.0752. The Labute approximate surface area is 122 Å². The van der Waals surface area contributed by atoms with Crippen molar-refractivity contribution in [3.05, 3.63) is 35.4 Å². The molecule has 1 atom stereocenters. The van der Waals surface area contributed by atoms with Gasteiger partial charge >= 0.3 is 0 Å². The van der Waals surface area contributed by atoms with E-state index in [1.807, 2.05) is 13.8 Å². The number of rotatable bonds is 3. The van der Waals surface area contributed by atoms with Gasteiger partial charge in [-0.05, 0) is 25.6 Å². The van der Waals surface area contributed by atoms with E-state index < -0.39 is 0 Å². The second kappa shape index (κ2) is 6.19.